The van der Waals surface area contributed by atoms with E-state index < -0.39 is 0 Å². The van der Waals surface area contributed by atoms with Crippen LogP contribution in [0.2, 0.25) is 0 Å². The number of benzene rings is 1. The average Bonchev–Trinajstić information content (AvgIpc) is 2.53. The SMILES string of the molecule is O=Cc1c(Br)cc(O)c2c1CCC2. The second kappa shape index (κ2) is 3.14. The van der Waals surface area contributed by atoms with Crippen molar-refractivity contribution in [2.45, 2.75) is 19.3 Å². The first-order chi connectivity index (χ1) is 6.24. The molecule has 0 aliphatic heterocycles. The fourth-order valence-electron chi connectivity index (χ4n) is 1.88. The van der Waals surface area contributed by atoms with Gasteiger partial charge in [0.25, 0.3) is 0 Å². The van der Waals surface area contributed by atoms with Crippen LogP contribution in [0.1, 0.15) is 27.9 Å². The van der Waals surface area contributed by atoms with Gasteiger partial charge in [-0.15, -0.1) is 0 Å². The Morgan fingerprint density at radius 3 is 2.77 bits per heavy atom. The first-order valence-corrected chi connectivity index (χ1v) is 5.01. The molecule has 0 radical (unpaired) electrons. The normalized spacial score (nSPS) is 14.2. The maximum absolute atomic E-state index is 10.8. The van der Waals surface area contributed by atoms with Crippen LogP contribution in [0.15, 0.2) is 10.5 Å². The monoisotopic (exact) mass is 240 g/mol. The van der Waals surface area contributed by atoms with Crippen molar-refractivity contribution in [3.05, 3.63) is 27.2 Å². The van der Waals surface area contributed by atoms with Crippen molar-refractivity contribution in [2.75, 3.05) is 0 Å². The highest BCUT2D eigenvalue weighted by atomic mass is 79.9. The molecule has 0 saturated carbocycles. The molecule has 0 spiro atoms. The minimum Gasteiger partial charge on any atom is -0.508 e. The van der Waals surface area contributed by atoms with Crippen molar-refractivity contribution in [1.82, 2.24) is 0 Å². The summed E-state index contributed by atoms with van der Waals surface area (Å²) in [6.45, 7) is 0. The third-order valence-corrected chi connectivity index (χ3v) is 3.15. The Labute approximate surface area is 84.7 Å². The van der Waals surface area contributed by atoms with Crippen LogP contribution in [-0.4, -0.2) is 11.4 Å². The average molecular weight is 241 g/mol. The van der Waals surface area contributed by atoms with Crippen molar-refractivity contribution in [2.24, 2.45) is 0 Å². The van der Waals surface area contributed by atoms with Crippen LogP contribution in [0.25, 0.3) is 0 Å². The van der Waals surface area contributed by atoms with Gasteiger partial charge < -0.3 is 5.11 Å². The number of carbonyl (C=O) groups excluding carboxylic acids is 1. The van der Waals surface area contributed by atoms with Gasteiger partial charge in [0.15, 0.2) is 6.29 Å². The second-order valence-corrected chi connectivity index (χ2v) is 4.07. The first-order valence-electron chi connectivity index (χ1n) is 4.22. The minimum atomic E-state index is 0.310. The van der Waals surface area contributed by atoms with Gasteiger partial charge in [0, 0.05) is 10.0 Å². The molecule has 0 fully saturated rings. The van der Waals surface area contributed by atoms with Crippen LogP contribution in [0, 0.1) is 0 Å². The number of halogens is 1. The summed E-state index contributed by atoms with van der Waals surface area (Å²) in [5, 5.41) is 9.59. The molecule has 0 atom stereocenters. The van der Waals surface area contributed by atoms with Crippen LogP contribution in [0.4, 0.5) is 0 Å². The lowest BCUT2D eigenvalue weighted by molar-refractivity contribution is 0.112. The molecule has 1 N–H and O–H groups in total. The highest BCUT2D eigenvalue weighted by molar-refractivity contribution is 9.10. The molecule has 0 saturated heterocycles. The summed E-state index contributed by atoms with van der Waals surface area (Å²) in [6.07, 6.45) is 3.67. The molecule has 1 aromatic carbocycles. The molecule has 2 nitrogen and oxygen atoms in total. The lowest BCUT2D eigenvalue weighted by atomic mass is 10.0. The van der Waals surface area contributed by atoms with Gasteiger partial charge in [-0.1, -0.05) is 0 Å². The van der Waals surface area contributed by atoms with E-state index in [1.807, 2.05) is 0 Å². The third kappa shape index (κ3) is 1.27. The summed E-state index contributed by atoms with van der Waals surface area (Å²) in [5.41, 5.74) is 2.66. The number of aromatic hydroxyl groups is 1. The van der Waals surface area contributed by atoms with Crippen molar-refractivity contribution in [3.63, 3.8) is 0 Å². The molecule has 0 bridgehead atoms. The van der Waals surface area contributed by atoms with Gasteiger partial charge in [0.05, 0.1) is 0 Å². The van der Waals surface area contributed by atoms with Crippen LogP contribution < -0.4 is 0 Å². The van der Waals surface area contributed by atoms with Gasteiger partial charge in [-0.2, -0.15) is 0 Å². The Kier molecular flexibility index (Phi) is 2.12. The standard InChI is InChI=1S/C10H9BrO2/c11-9-4-10(13)7-3-1-2-6(7)8(9)5-12/h4-5,13H,1-3H2. The summed E-state index contributed by atoms with van der Waals surface area (Å²) < 4.78 is 0.695. The van der Waals surface area contributed by atoms with Gasteiger partial charge in [0.2, 0.25) is 0 Å². The molecule has 2 rings (SSSR count). The number of carbonyl (C=O) groups is 1. The summed E-state index contributed by atoms with van der Waals surface area (Å²) in [7, 11) is 0. The van der Waals surface area contributed by atoms with E-state index in [2.05, 4.69) is 15.9 Å². The van der Waals surface area contributed by atoms with Crippen LogP contribution in [-0.2, 0) is 12.8 Å². The van der Waals surface area contributed by atoms with Gasteiger partial charge >= 0.3 is 0 Å². The Morgan fingerprint density at radius 1 is 1.38 bits per heavy atom. The highest BCUT2D eigenvalue weighted by Crippen LogP contribution is 2.36. The van der Waals surface area contributed by atoms with Gasteiger partial charge in [-0.3, -0.25) is 4.79 Å². The summed E-state index contributed by atoms with van der Waals surface area (Å²) in [4.78, 5) is 10.8. The number of hydrogen-bond acceptors (Lipinski definition) is 2. The van der Waals surface area contributed by atoms with Crippen LogP contribution in [0.3, 0.4) is 0 Å². The number of phenols is 1. The molecule has 0 aromatic heterocycles. The van der Waals surface area contributed by atoms with Gasteiger partial charge in [-0.25, -0.2) is 0 Å². The topological polar surface area (TPSA) is 37.3 Å². The van der Waals surface area contributed by atoms with Crippen molar-refractivity contribution in [1.29, 1.82) is 0 Å². The zero-order valence-electron chi connectivity index (χ0n) is 7.01. The van der Waals surface area contributed by atoms with E-state index in [4.69, 9.17) is 0 Å². The van der Waals surface area contributed by atoms with Crippen molar-refractivity contribution in [3.8, 4) is 5.75 Å². The van der Waals surface area contributed by atoms with Crippen LogP contribution >= 0.6 is 15.9 Å². The van der Waals surface area contributed by atoms with Crippen molar-refractivity contribution >= 4 is 22.2 Å². The Bertz CT molecular complexity index is 372. The predicted molar refractivity (Wildman–Crippen MR) is 53.2 cm³/mol. The van der Waals surface area contributed by atoms with E-state index in [0.717, 1.165) is 36.7 Å². The maximum Gasteiger partial charge on any atom is 0.151 e. The second-order valence-electron chi connectivity index (χ2n) is 3.22. The van der Waals surface area contributed by atoms with E-state index in [0.29, 0.717) is 15.8 Å². The zero-order chi connectivity index (χ0) is 9.42. The fourth-order valence-corrected chi connectivity index (χ4v) is 2.43. The molecule has 1 aliphatic carbocycles. The number of rotatable bonds is 1. The largest absolute Gasteiger partial charge is 0.508 e. The molecule has 1 aliphatic rings. The quantitative estimate of drug-likeness (QED) is 0.767. The molecule has 68 valence electrons. The maximum atomic E-state index is 10.8. The summed E-state index contributed by atoms with van der Waals surface area (Å²) in [5.74, 6) is 0.310. The van der Waals surface area contributed by atoms with Crippen LogP contribution in [0.5, 0.6) is 5.75 Å². The fraction of sp³-hybridized carbons (Fsp3) is 0.300. The Morgan fingerprint density at radius 2 is 2.08 bits per heavy atom. The number of fused-ring (bicyclic) bond motifs is 1. The number of phenolic OH excluding ortho intramolecular Hbond substituents is 1. The lowest BCUT2D eigenvalue weighted by Gasteiger charge is -2.07. The van der Waals surface area contributed by atoms with E-state index >= 15 is 0 Å². The summed E-state index contributed by atoms with van der Waals surface area (Å²) >= 11 is 3.27. The number of hydrogen-bond donors (Lipinski definition) is 1. The third-order valence-electron chi connectivity index (χ3n) is 2.49. The Hall–Kier alpha value is -0.830. The minimum absolute atomic E-state index is 0.310. The molecular formula is C10H9BrO2. The first kappa shape index (κ1) is 8.75. The smallest absolute Gasteiger partial charge is 0.151 e. The molecule has 0 amide bonds. The Balaban J connectivity index is 2.71. The van der Waals surface area contributed by atoms with E-state index in [1.54, 1.807) is 6.07 Å². The van der Waals surface area contributed by atoms with Gasteiger partial charge in [-0.05, 0) is 52.4 Å². The molecular weight excluding hydrogens is 232 g/mol. The zero-order valence-corrected chi connectivity index (χ0v) is 8.60. The molecule has 13 heavy (non-hydrogen) atoms. The predicted octanol–water partition coefficient (Wildman–Crippen LogP) is 2.46. The molecule has 0 unspecified atom stereocenters. The lowest BCUT2D eigenvalue weighted by Crippen LogP contribution is -1.93. The van der Waals surface area contributed by atoms with Gasteiger partial charge in [0.1, 0.15) is 5.75 Å². The molecule has 1 aromatic rings. The van der Waals surface area contributed by atoms with E-state index in [9.17, 15) is 9.90 Å². The van der Waals surface area contributed by atoms with E-state index in [-0.39, 0.29) is 0 Å². The summed E-state index contributed by atoms with van der Waals surface area (Å²) in [6, 6.07) is 1.61. The highest BCUT2D eigenvalue weighted by Gasteiger charge is 2.20. The molecule has 3 heteroatoms. The van der Waals surface area contributed by atoms with E-state index in [1.165, 1.54) is 0 Å². The van der Waals surface area contributed by atoms with Crippen molar-refractivity contribution < 1.29 is 9.90 Å². The molecule has 0 heterocycles. The number of aldehydes is 1.